The van der Waals surface area contributed by atoms with E-state index in [-0.39, 0.29) is 18.0 Å². The van der Waals surface area contributed by atoms with Gasteiger partial charge in [-0.25, -0.2) is 9.68 Å². The largest absolute Gasteiger partial charge is 0.462 e. The van der Waals surface area contributed by atoms with Crippen molar-refractivity contribution in [1.82, 2.24) is 0 Å². The summed E-state index contributed by atoms with van der Waals surface area (Å²) in [5.41, 5.74) is -2.23. The molecule has 0 radical (unpaired) electrons. The number of hydrogen-bond acceptors (Lipinski definition) is 5. The summed E-state index contributed by atoms with van der Waals surface area (Å²) in [5.74, 6) is -0.884. The minimum Gasteiger partial charge on any atom is -0.462 e. The molecule has 1 N–H and O–H groups in total. The molecule has 0 aromatic rings. The van der Waals surface area contributed by atoms with Crippen molar-refractivity contribution in [2.75, 3.05) is 6.61 Å². The Bertz CT molecular complexity index is 528. The van der Waals surface area contributed by atoms with Crippen LogP contribution in [0.1, 0.15) is 48.5 Å². The summed E-state index contributed by atoms with van der Waals surface area (Å²) in [4.78, 5) is 29.7. The van der Waals surface area contributed by atoms with E-state index in [2.05, 4.69) is 4.89 Å². The van der Waals surface area contributed by atoms with E-state index < -0.39 is 22.4 Å². The quantitative estimate of drug-likeness (QED) is 0.492. The van der Waals surface area contributed by atoms with Crippen LogP contribution in [0, 0.1) is 10.8 Å². The van der Waals surface area contributed by atoms with Crippen LogP contribution in [0.3, 0.4) is 0 Å². The van der Waals surface area contributed by atoms with Crippen LogP contribution in [0.5, 0.6) is 0 Å². The maximum atomic E-state index is 12.9. The first-order chi connectivity index (χ1) is 9.90. The van der Waals surface area contributed by atoms with Gasteiger partial charge in [0.05, 0.1) is 12.2 Å². The second-order valence-electron chi connectivity index (χ2n) is 7.53. The molecule has 0 saturated heterocycles. The summed E-state index contributed by atoms with van der Waals surface area (Å²) < 4.78 is 5.03. The molecule has 0 aliphatic heterocycles. The zero-order valence-electron chi connectivity index (χ0n) is 14.4. The smallest absolute Gasteiger partial charge is 0.337 e. The first kappa shape index (κ1) is 18.6. The van der Waals surface area contributed by atoms with E-state index in [1.807, 2.05) is 20.8 Å². The van der Waals surface area contributed by atoms with Crippen LogP contribution in [0.2, 0.25) is 0 Å². The van der Waals surface area contributed by atoms with Crippen molar-refractivity contribution in [3.8, 4) is 0 Å². The van der Waals surface area contributed by atoms with Crippen LogP contribution in [-0.2, 0) is 19.2 Å². The van der Waals surface area contributed by atoms with Gasteiger partial charge in [-0.15, -0.1) is 0 Å². The Morgan fingerprint density at radius 1 is 1.23 bits per heavy atom. The number of carbonyl (C=O) groups excluding carboxylic acids is 2. The minimum absolute atomic E-state index is 0.218. The molecular weight excluding hydrogens is 284 g/mol. The van der Waals surface area contributed by atoms with Gasteiger partial charge in [0.1, 0.15) is 0 Å². The predicted molar refractivity (Wildman–Crippen MR) is 83.2 cm³/mol. The molecule has 0 spiro atoms. The van der Waals surface area contributed by atoms with Crippen molar-refractivity contribution in [2.45, 2.75) is 54.1 Å². The molecule has 124 valence electrons. The summed E-state index contributed by atoms with van der Waals surface area (Å²) >= 11 is 0. The van der Waals surface area contributed by atoms with Gasteiger partial charge in [-0.3, -0.25) is 10.1 Å². The molecule has 1 rings (SSSR count). The molecular formula is C17H26O5. The topological polar surface area (TPSA) is 72.8 Å². The molecule has 0 amide bonds. The van der Waals surface area contributed by atoms with Crippen molar-refractivity contribution in [1.29, 1.82) is 0 Å². The number of carbonyl (C=O) groups is 2. The Hall–Kier alpha value is -1.46. The summed E-state index contributed by atoms with van der Waals surface area (Å²) in [5, 5.41) is 9.52. The van der Waals surface area contributed by atoms with E-state index in [1.54, 1.807) is 27.7 Å². The lowest BCUT2D eigenvalue weighted by molar-refractivity contribution is -0.318. The van der Waals surface area contributed by atoms with Crippen LogP contribution < -0.4 is 0 Å². The first-order valence-corrected chi connectivity index (χ1v) is 7.40. The van der Waals surface area contributed by atoms with Gasteiger partial charge in [-0.2, -0.15) is 0 Å². The highest BCUT2D eigenvalue weighted by molar-refractivity contribution is 6.10. The maximum absolute atomic E-state index is 12.9. The van der Waals surface area contributed by atoms with Gasteiger partial charge in [0.25, 0.3) is 0 Å². The highest BCUT2D eigenvalue weighted by Crippen LogP contribution is 2.44. The highest BCUT2D eigenvalue weighted by atomic mass is 17.1. The van der Waals surface area contributed by atoms with E-state index in [0.717, 1.165) is 0 Å². The third-order valence-electron chi connectivity index (χ3n) is 3.82. The van der Waals surface area contributed by atoms with Crippen molar-refractivity contribution >= 4 is 11.8 Å². The standard InChI is InChI=1S/C17H26O5/c1-8-21-14(19)11-9-12(15(2,3)4)13(18)17(10-11,22-20)16(5,6)7/h9-10,20H,8H2,1-7H3. The lowest BCUT2D eigenvalue weighted by atomic mass is 9.65. The average molecular weight is 310 g/mol. The predicted octanol–water partition coefficient (Wildman–Crippen LogP) is 3.31. The van der Waals surface area contributed by atoms with E-state index in [1.165, 1.54) is 12.2 Å². The van der Waals surface area contributed by atoms with Gasteiger partial charge in [-0.05, 0) is 24.5 Å². The van der Waals surface area contributed by atoms with Crippen LogP contribution in [0.15, 0.2) is 23.3 Å². The Morgan fingerprint density at radius 2 is 1.77 bits per heavy atom. The second-order valence-corrected chi connectivity index (χ2v) is 7.53. The average Bonchev–Trinajstić information content (AvgIpc) is 2.36. The van der Waals surface area contributed by atoms with Crippen molar-refractivity contribution in [2.24, 2.45) is 10.8 Å². The third kappa shape index (κ3) is 3.15. The van der Waals surface area contributed by atoms with Gasteiger partial charge >= 0.3 is 5.97 Å². The summed E-state index contributed by atoms with van der Waals surface area (Å²) in [6.07, 6.45) is 2.89. The molecule has 5 nitrogen and oxygen atoms in total. The van der Waals surface area contributed by atoms with Gasteiger partial charge in [-0.1, -0.05) is 41.5 Å². The van der Waals surface area contributed by atoms with Gasteiger partial charge < -0.3 is 4.74 Å². The Balaban J connectivity index is 3.58. The van der Waals surface area contributed by atoms with Crippen molar-refractivity contribution in [3.63, 3.8) is 0 Å². The SMILES string of the molecule is CCOC(=O)C1=CC(OO)(C(C)(C)C)C(=O)C(C(C)(C)C)=C1. The Kier molecular flexibility index (Phi) is 5.04. The molecule has 0 bridgehead atoms. The van der Waals surface area contributed by atoms with E-state index in [0.29, 0.717) is 5.57 Å². The fraction of sp³-hybridized carbons (Fsp3) is 0.647. The molecule has 0 saturated carbocycles. The van der Waals surface area contributed by atoms with Gasteiger partial charge in [0.2, 0.25) is 0 Å². The zero-order valence-corrected chi connectivity index (χ0v) is 14.4. The molecule has 22 heavy (non-hydrogen) atoms. The third-order valence-corrected chi connectivity index (χ3v) is 3.82. The number of ether oxygens (including phenoxy) is 1. The van der Waals surface area contributed by atoms with E-state index in [4.69, 9.17) is 4.74 Å². The Morgan fingerprint density at radius 3 is 2.14 bits per heavy atom. The lowest BCUT2D eigenvalue weighted by Crippen LogP contribution is -2.54. The summed E-state index contributed by atoms with van der Waals surface area (Å²) in [7, 11) is 0. The van der Waals surface area contributed by atoms with Gasteiger partial charge in [0.15, 0.2) is 11.4 Å². The fourth-order valence-corrected chi connectivity index (χ4v) is 2.40. The van der Waals surface area contributed by atoms with Crippen LogP contribution in [0.4, 0.5) is 0 Å². The number of ketones is 1. The molecule has 1 unspecified atom stereocenters. The maximum Gasteiger partial charge on any atom is 0.337 e. The molecule has 1 aliphatic carbocycles. The van der Waals surface area contributed by atoms with Crippen LogP contribution in [-0.4, -0.2) is 29.2 Å². The van der Waals surface area contributed by atoms with Crippen molar-refractivity contribution < 1.29 is 24.5 Å². The molecule has 1 aliphatic rings. The fourth-order valence-electron chi connectivity index (χ4n) is 2.40. The monoisotopic (exact) mass is 310 g/mol. The molecule has 1 atom stereocenters. The Labute approximate surface area is 131 Å². The van der Waals surface area contributed by atoms with Crippen LogP contribution >= 0.6 is 0 Å². The summed E-state index contributed by atoms with van der Waals surface area (Å²) in [6, 6.07) is 0. The van der Waals surface area contributed by atoms with E-state index >= 15 is 0 Å². The molecule has 0 heterocycles. The first-order valence-electron chi connectivity index (χ1n) is 7.40. The second kappa shape index (κ2) is 5.97. The number of hydrogen-bond donors (Lipinski definition) is 1. The molecule has 5 heteroatoms. The highest BCUT2D eigenvalue weighted by Gasteiger charge is 2.53. The minimum atomic E-state index is -1.62. The number of Topliss-reactive ketones (excluding diaryl/α,β-unsaturated/α-hetero) is 1. The van der Waals surface area contributed by atoms with Crippen molar-refractivity contribution in [3.05, 3.63) is 23.3 Å². The summed E-state index contributed by atoms with van der Waals surface area (Å²) in [6.45, 7) is 12.9. The zero-order chi connectivity index (χ0) is 17.3. The number of rotatable bonds is 3. The van der Waals surface area contributed by atoms with Gasteiger partial charge in [0, 0.05) is 11.0 Å². The molecule has 0 aromatic carbocycles. The van der Waals surface area contributed by atoms with E-state index in [9.17, 15) is 14.8 Å². The lowest BCUT2D eigenvalue weighted by Gasteiger charge is -2.42. The number of esters is 1. The molecule has 0 aromatic heterocycles. The van der Waals surface area contributed by atoms with Crippen LogP contribution in [0.25, 0.3) is 0 Å². The normalized spacial score (nSPS) is 23.0. The molecule has 0 fully saturated rings.